The maximum Gasteiger partial charge on any atom is 0.410 e. The first kappa shape index (κ1) is 17.1. The molecule has 0 aliphatic carbocycles. The molecule has 0 N–H and O–H groups in total. The molecule has 1 saturated heterocycles. The molecule has 1 atom stereocenters. The van der Waals surface area contributed by atoms with Crippen LogP contribution in [0.4, 0.5) is 13.6 Å². The monoisotopic (exact) mass is 343 g/mol. The Kier molecular flexibility index (Phi) is 5.43. The summed E-state index contributed by atoms with van der Waals surface area (Å²) in [4.78, 5) is 13.9. The Balaban J connectivity index is 1.62. The van der Waals surface area contributed by atoms with Crippen molar-refractivity contribution in [3.8, 4) is 0 Å². The number of carbonyl (C=O) groups is 1. The van der Waals surface area contributed by atoms with Gasteiger partial charge in [-0.15, -0.1) is 0 Å². The molecule has 1 heterocycles. The highest BCUT2D eigenvalue weighted by Gasteiger charge is 2.28. The number of carbonyl (C=O) groups excluding carboxylic acids is 1. The Hall–Kier alpha value is -2.69. The van der Waals surface area contributed by atoms with Crippen molar-refractivity contribution >= 4 is 12.2 Å². The van der Waals surface area contributed by atoms with E-state index in [9.17, 15) is 13.6 Å². The van der Waals surface area contributed by atoms with Gasteiger partial charge in [0.05, 0.1) is 6.04 Å². The first-order valence-electron chi connectivity index (χ1n) is 8.24. The molecule has 0 aromatic heterocycles. The molecule has 0 spiro atoms. The lowest BCUT2D eigenvalue weighted by Gasteiger charge is -2.21. The number of ether oxygens (including phenoxy) is 1. The molecule has 130 valence electrons. The number of hydrogen-bond donors (Lipinski definition) is 0. The lowest BCUT2D eigenvalue weighted by atomic mass is 10.1. The van der Waals surface area contributed by atoms with E-state index in [0.29, 0.717) is 6.54 Å². The minimum Gasteiger partial charge on any atom is -0.445 e. The van der Waals surface area contributed by atoms with Crippen LogP contribution >= 0.6 is 0 Å². The number of nitrogens with zero attached hydrogens (tertiary/aromatic N) is 1. The Bertz CT molecular complexity index is 762. The Morgan fingerprint density at radius 2 is 1.96 bits per heavy atom. The summed E-state index contributed by atoms with van der Waals surface area (Å²) in [7, 11) is 0. The Morgan fingerprint density at radius 1 is 1.16 bits per heavy atom. The zero-order valence-corrected chi connectivity index (χ0v) is 13.7. The molecule has 2 aromatic rings. The van der Waals surface area contributed by atoms with Crippen molar-refractivity contribution < 1.29 is 18.3 Å². The molecule has 1 aliphatic rings. The molecule has 0 radical (unpaired) electrons. The predicted octanol–water partition coefficient (Wildman–Crippen LogP) is 4.78. The molecule has 1 amide bonds. The van der Waals surface area contributed by atoms with Gasteiger partial charge in [-0.2, -0.15) is 0 Å². The summed E-state index contributed by atoms with van der Waals surface area (Å²) in [5.41, 5.74) is 1.09. The van der Waals surface area contributed by atoms with Crippen molar-refractivity contribution in [2.24, 2.45) is 0 Å². The molecule has 3 nitrogen and oxygen atoms in total. The first-order valence-corrected chi connectivity index (χ1v) is 8.24. The molecular formula is C20H19F2NO2. The maximum absolute atomic E-state index is 13.7. The smallest absolute Gasteiger partial charge is 0.410 e. The molecule has 2 aromatic carbocycles. The normalized spacial score (nSPS) is 17.2. The lowest BCUT2D eigenvalue weighted by Crippen LogP contribution is -2.34. The molecular weight excluding hydrogens is 324 g/mol. The van der Waals surface area contributed by atoms with Crippen LogP contribution in [-0.2, 0) is 11.3 Å². The summed E-state index contributed by atoms with van der Waals surface area (Å²) in [5.74, 6) is -1.76. The van der Waals surface area contributed by atoms with Gasteiger partial charge >= 0.3 is 6.09 Å². The van der Waals surface area contributed by atoms with Crippen LogP contribution in [0.25, 0.3) is 6.08 Å². The van der Waals surface area contributed by atoms with E-state index in [-0.39, 0.29) is 18.2 Å². The highest BCUT2D eigenvalue weighted by molar-refractivity contribution is 5.69. The second-order valence-corrected chi connectivity index (χ2v) is 5.95. The van der Waals surface area contributed by atoms with Gasteiger partial charge in [0.15, 0.2) is 11.6 Å². The summed E-state index contributed by atoms with van der Waals surface area (Å²) in [5, 5.41) is 0. The van der Waals surface area contributed by atoms with Crippen molar-refractivity contribution in [2.45, 2.75) is 25.5 Å². The lowest BCUT2D eigenvalue weighted by molar-refractivity contribution is 0.0976. The molecule has 1 aliphatic heterocycles. The van der Waals surface area contributed by atoms with Crippen LogP contribution < -0.4 is 0 Å². The van der Waals surface area contributed by atoms with E-state index in [4.69, 9.17) is 4.74 Å². The molecule has 3 rings (SSSR count). The van der Waals surface area contributed by atoms with Crippen LogP contribution in [0.2, 0.25) is 0 Å². The van der Waals surface area contributed by atoms with Gasteiger partial charge in [-0.05, 0) is 24.5 Å². The average Bonchev–Trinajstić information content (AvgIpc) is 3.10. The fraction of sp³-hybridized carbons (Fsp3) is 0.250. The molecule has 0 bridgehead atoms. The van der Waals surface area contributed by atoms with Crippen molar-refractivity contribution in [3.63, 3.8) is 0 Å². The number of rotatable bonds is 4. The minimum atomic E-state index is -0.882. The number of halogens is 2. The number of benzene rings is 2. The van der Waals surface area contributed by atoms with Crippen LogP contribution in [0, 0.1) is 11.6 Å². The third-order valence-corrected chi connectivity index (χ3v) is 4.22. The van der Waals surface area contributed by atoms with E-state index < -0.39 is 17.7 Å². The van der Waals surface area contributed by atoms with Crippen molar-refractivity contribution in [1.82, 2.24) is 4.90 Å². The fourth-order valence-electron chi connectivity index (χ4n) is 2.89. The van der Waals surface area contributed by atoms with Crippen molar-refractivity contribution in [1.29, 1.82) is 0 Å². The van der Waals surface area contributed by atoms with Gasteiger partial charge in [0, 0.05) is 12.1 Å². The summed E-state index contributed by atoms with van der Waals surface area (Å²) < 4.78 is 32.3. The SMILES string of the molecule is O=C(OCc1ccccc1)N1CCCC1C=Cc1cccc(F)c1F. The van der Waals surface area contributed by atoms with Crippen molar-refractivity contribution in [2.75, 3.05) is 6.54 Å². The van der Waals surface area contributed by atoms with Gasteiger partial charge in [0.2, 0.25) is 0 Å². The van der Waals surface area contributed by atoms with E-state index in [1.54, 1.807) is 11.0 Å². The van der Waals surface area contributed by atoms with Gasteiger partial charge in [-0.1, -0.05) is 54.6 Å². The van der Waals surface area contributed by atoms with Crippen LogP contribution in [0.5, 0.6) is 0 Å². The fourth-order valence-corrected chi connectivity index (χ4v) is 2.89. The largest absolute Gasteiger partial charge is 0.445 e. The first-order chi connectivity index (χ1) is 12.1. The van der Waals surface area contributed by atoms with E-state index in [1.165, 1.54) is 18.2 Å². The quantitative estimate of drug-likeness (QED) is 0.800. The Morgan fingerprint density at radius 3 is 2.76 bits per heavy atom. The number of hydrogen-bond acceptors (Lipinski definition) is 2. The van der Waals surface area contributed by atoms with Crippen LogP contribution in [-0.4, -0.2) is 23.6 Å². The molecule has 1 unspecified atom stereocenters. The number of amides is 1. The molecule has 5 heteroatoms. The summed E-state index contributed by atoms with van der Waals surface area (Å²) >= 11 is 0. The standard InChI is InChI=1S/C20H19F2NO2/c21-18-10-4-8-16(19(18)22)11-12-17-9-5-13-23(17)20(24)25-14-15-6-2-1-3-7-15/h1-4,6-8,10-12,17H,5,9,13-14H2. The van der Waals surface area contributed by atoms with Crippen LogP contribution in [0.1, 0.15) is 24.0 Å². The summed E-state index contributed by atoms with van der Waals surface area (Å²) in [6, 6.07) is 13.3. The minimum absolute atomic E-state index is 0.171. The van der Waals surface area contributed by atoms with E-state index in [2.05, 4.69) is 0 Å². The highest BCUT2D eigenvalue weighted by atomic mass is 19.2. The highest BCUT2D eigenvalue weighted by Crippen LogP contribution is 2.22. The van der Waals surface area contributed by atoms with E-state index in [0.717, 1.165) is 24.5 Å². The third-order valence-electron chi connectivity index (χ3n) is 4.22. The van der Waals surface area contributed by atoms with Gasteiger partial charge in [-0.25, -0.2) is 13.6 Å². The second-order valence-electron chi connectivity index (χ2n) is 5.95. The zero-order chi connectivity index (χ0) is 17.6. The van der Waals surface area contributed by atoms with E-state index >= 15 is 0 Å². The molecule has 0 saturated carbocycles. The van der Waals surface area contributed by atoms with Gasteiger partial charge in [-0.3, -0.25) is 0 Å². The van der Waals surface area contributed by atoms with Gasteiger partial charge in [0.25, 0.3) is 0 Å². The summed E-state index contributed by atoms with van der Waals surface area (Å²) in [6.45, 7) is 0.805. The zero-order valence-electron chi connectivity index (χ0n) is 13.7. The van der Waals surface area contributed by atoms with E-state index in [1.807, 2.05) is 30.3 Å². The van der Waals surface area contributed by atoms with Gasteiger partial charge < -0.3 is 9.64 Å². The van der Waals surface area contributed by atoms with Crippen LogP contribution in [0.3, 0.4) is 0 Å². The van der Waals surface area contributed by atoms with Gasteiger partial charge in [0.1, 0.15) is 6.61 Å². The topological polar surface area (TPSA) is 29.5 Å². The second kappa shape index (κ2) is 7.92. The Labute approximate surface area is 145 Å². The molecule has 1 fully saturated rings. The summed E-state index contributed by atoms with van der Waals surface area (Å²) in [6.07, 6.45) is 4.48. The maximum atomic E-state index is 13.7. The average molecular weight is 343 g/mol. The third kappa shape index (κ3) is 4.24. The van der Waals surface area contributed by atoms with Crippen LogP contribution in [0.15, 0.2) is 54.6 Å². The predicted molar refractivity (Wildman–Crippen MR) is 91.7 cm³/mol. The molecule has 25 heavy (non-hydrogen) atoms. The number of likely N-dealkylation sites (tertiary alicyclic amines) is 1. The van der Waals surface area contributed by atoms with Crippen molar-refractivity contribution in [3.05, 3.63) is 77.4 Å².